The van der Waals surface area contributed by atoms with Crippen LogP contribution in [-0.2, 0) is 14.9 Å². The van der Waals surface area contributed by atoms with Gasteiger partial charge >= 0.3 is 0 Å². The topological polar surface area (TPSA) is 55.6 Å². The van der Waals surface area contributed by atoms with E-state index in [1.807, 2.05) is 24.3 Å². The number of fused-ring (bicyclic) bond motifs is 1. The largest absolute Gasteiger partial charge is 0.381 e. The number of likely N-dealkylation sites (tertiary alicyclic amines) is 1. The minimum atomic E-state index is -0.542. The van der Waals surface area contributed by atoms with Crippen molar-refractivity contribution in [3.8, 4) is 0 Å². The average Bonchev–Trinajstić information content (AvgIpc) is 3.17. The minimum absolute atomic E-state index is 0. The van der Waals surface area contributed by atoms with Gasteiger partial charge < -0.3 is 15.4 Å². The Balaban J connectivity index is 0.00000182. The van der Waals surface area contributed by atoms with E-state index in [2.05, 4.69) is 4.90 Å². The zero-order chi connectivity index (χ0) is 16.7. The third kappa shape index (κ3) is 3.18. The van der Waals surface area contributed by atoms with E-state index in [1.165, 1.54) is 0 Å². The molecule has 2 N–H and O–H groups in total. The second-order valence-corrected chi connectivity index (χ2v) is 7.96. The Bertz CT molecular complexity index is 634. The summed E-state index contributed by atoms with van der Waals surface area (Å²) in [6, 6.07) is 8.03. The zero-order valence-corrected chi connectivity index (χ0v) is 15.9. The van der Waals surface area contributed by atoms with E-state index in [-0.39, 0.29) is 24.4 Å². The summed E-state index contributed by atoms with van der Waals surface area (Å²) in [7, 11) is 0. The Morgan fingerprint density at radius 3 is 2.60 bits per heavy atom. The summed E-state index contributed by atoms with van der Waals surface area (Å²) in [5, 5.41) is 0.684. The van der Waals surface area contributed by atoms with Crippen molar-refractivity contribution in [2.24, 2.45) is 17.6 Å². The number of hydrogen-bond acceptors (Lipinski definition) is 3. The number of carbonyl (C=O) groups is 1. The summed E-state index contributed by atoms with van der Waals surface area (Å²) >= 11 is 6.49. The summed E-state index contributed by atoms with van der Waals surface area (Å²) in [5.74, 6) is 1.27. The van der Waals surface area contributed by atoms with Gasteiger partial charge in [-0.2, -0.15) is 0 Å². The molecule has 3 unspecified atom stereocenters. The van der Waals surface area contributed by atoms with Gasteiger partial charge in [0.1, 0.15) is 0 Å². The maximum absolute atomic E-state index is 13.6. The van der Waals surface area contributed by atoms with Crippen molar-refractivity contribution < 1.29 is 9.53 Å². The van der Waals surface area contributed by atoms with Crippen molar-refractivity contribution in [3.05, 3.63) is 34.9 Å². The Labute approximate surface area is 160 Å². The SMILES string of the molecule is Cl.NC1CCC2CN(C(=O)C3(c4ccccc4Cl)CCOCC3)CC12. The number of benzene rings is 1. The standard InChI is InChI=1S/C19H25ClN2O2.ClH/c20-16-4-2-1-3-15(16)19(7-9-24-10-8-19)18(23)22-11-13-5-6-17(21)14(13)12-22;/h1-4,13-14,17H,5-12,21H2;1H. The lowest BCUT2D eigenvalue weighted by molar-refractivity contribution is -0.140. The fourth-order valence-corrected chi connectivity index (χ4v) is 5.26. The van der Waals surface area contributed by atoms with E-state index in [9.17, 15) is 4.79 Å². The Morgan fingerprint density at radius 1 is 1.20 bits per heavy atom. The second-order valence-electron chi connectivity index (χ2n) is 7.55. The lowest BCUT2D eigenvalue weighted by Crippen LogP contribution is -2.50. The van der Waals surface area contributed by atoms with E-state index in [1.54, 1.807) is 0 Å². The third-order valence-corrected chi connectivity index (χ3v) is 6.67. The molecule has 2 aliphatic heterocycles. The van der Waals surface area contributed by atoms with Gasteiger partial charge in [-0.25, -0.2) is 0 Å². The highest BCUT2D eigenvalue weighted by molar-refractivity contribution is 6.31. The molecule has 3 aliphatic rings. The van der Waals surface area contributed by atoms with Crippen LogP contribution in [-0.4, -0.2) is 43.2 Å². The van der Waals surface area contributed by atoms with E-state index < -0.39 is 5.41 Å². The predicted molar refractivity (Wildman–Crippen MR) is 101 cm³/mol. The van der Waals surface area contributed by atoms with E-state index >= 15 is 0 Å². The highest BCUT2D eigenvalue weighted by atomic mass is 35.5. The smallest absolute Gasteiger partial charge is 0.233 e. The van der Waals surface area contributed by atoms with E-state index in [0.717, 1.165) is 31.5 Å². The molecule has 1 aliphatic carbocycles. The van der Waals surface area contributed by atoms with Crippen LogP contribution in [0, 0.1) is 11.8 Å². The van der Waals surface area contributed by atoms with Crippen LogP contribution in [0.25, 0.3) is 0 Å². The predicted octanol–water partition coefficient (Wildman–Crippen LogP) is 3.01. The number of nitrogens with zero attached hydrogens (tertiary/aromatic N) is 1. The molecule has 1 aromatic carbocycles. The quantitative estimate of drug-likeness (QED) is 0.852. The maximum Gasteiger partial charge on any atom is 0.233 e. The van der Waals surface area contributed by atoms with Gasteiger partial charge in [-0.05, 0) is 49.1 Å². The van der Waals surface area contributed by atoms with Gasteiger partial charge in [0.2, 0.25) is 5.91 Å². The van der Waals surface area contributed by atoms with Crippen LogP contribution in [0.2, 0.25) is 5.02 Å². The molecule has 25 heavy (non-hydrogen) atoms. The molecule has 0 spiro atoms. The summed E-state index contributed by atoms with van der Waals surface area (Å²) in [4.78, 5) is 15.6. The van der Waals surface area contributed by atoms with Crippen molar-refractivity contribution in [3.63, 3.8) is 0 Å². The van der Waals surface area contributed by atoms with Crippen LogP contribution in [0.5, 0.6) is 0 Å². The summed E-state index contributed by atoms with van der Waals surface area (Å²) in [6.07, 6.45) is 3.65. The van der Waals surface area contributed by atoms with Gasteiger partial charge in [0.25, 0.3) is 0 Å². The number of halogens is 2. The molecule has 2 saturated heterocycles. The van der Waals surface area contributed by atoms with Gasteiger partial charge in [-0.1, -0.05) is 29.8 Å². The molecule has 0 bridgehead atoms. The molecular formula is C19H26Cl2N2O2. The number of rotatable bonds is 2. The van der Waals surface area contributed by atoms with Crippen LogP contribution in [0.15, 0.2) is 24.3 Å². The maximum atomic E-state index is 13.6. The Kier molecular flexibility index (Phi) is 5.64. The molecule has 138 valence electrons. The van der Waals surface area contributed by atoms with Crippen LogP contribution in [0.1, 0.15) is 31.2 Å². The molecule has 2 heterocycles. The molecule has 1 amide bonds. The molecule has 4 rings (SSSR count). The fraction of sp³-hybridized carbons (Fsp3) is 0.632. The lowest BCUT2D eigenvalue weighted by atomic mass is 9.73. The number of hydrogen-bond donors (Lipinski definition) is 1. The Hall–Kier alpha value is -0.810. The van der Waals surface area contributed by atoms with Crippen molar-refractivity contribution in [2.45, 2.75) is 37.1 Å². The van der Waals surface area contributed by atoms with Gasteiger partial charge in [0.15, 0.2) is 0 Å². The molecule has 1 saturated carbocycles. The fourth-order valence-electron chi connectivity index (χ4n) is 4.94. The number of nitrogens with two attached hydrogens (primary N) is 1. The molecule has 3 fully saturated rings. The first-order valence-corrected chi connectivity index (χ1v) is 9.37. The van der Waals surface area contributed by atoms with E-state index in [4.69, 9.17) is 22.1 Å². The van der Waals surface area contributed by atoms with Crippen molar-refractivity contribution >= 4 is 29.9 Å². The summed E-state index contributed by atoms with van der Waals surface area (Å²) < 4.78 is 5.56. The zero-order valence-electron chi connectivity index (χ0n) is 14.3. The minimum Gasteiger partial charge on any atom is -0.381 e. The highest BCUT2D eigenvalue weighted by Crippen LogP contribution is 2.43. The van der Waals surface area contributed by atoms with Crippen LogP contribution >= 0.6 is 24.0 Å². The number of carbonyl (C=O) groups excluding carboxylic acids is 1. The average molecular weight is 385 g/mol. The third-order valence-electron chi connectivity index (χ3n) is 6.34. The molecule has 0 radical (unpaired) electrons. The molecule has 1 aromatic rings. The number of ether oxygens (including phenoxy) is 1. The van der Waals surface area contributed by atoms with Crippen LogP contribution < -0.4 is 5.73 Å². The van der Waals surface area contributed by atoms with E-state index in [0.29, 0.717) is 42.9 Å². The molecule has 0 aromatic heterocycles. The van der Waals surface area contributed by atoms with Crippen LogP contribution in [0.3, 0.4) is 0 Å². The lowest BCUT2D eigenvalue weighted by Gasteiger charge is -2.39. The first kappa shape index (κ1) is 19.0. The van der Waals surface area contributed by atoms with Crippen molar-refractivity contribution in [1.29, 1.82) is 0 Å². The molecule has 6 heteroatoms. The Morgan fingerprint density at radius 2 is 1.92 bits per heavy atom. The first-order valence-electron chi connectivity index (χ1n) is 8.99. The van der Waals surface area contributed by atoms with Crippen molar-refractivity contribution in [2.75, 3.05) is 26.3 Å². The summed E-state index contributed by atoms with van der Waals surface area (Å²) in [6.45, 7) is 2.87. The first-order chi connectivity index (χ1) is 11.6. The second kappa shape index (κ2) is 7.43. The molecular weight excluding hydrogens is 359 g/mol. The number of amides is 1. The normalized spacial score (nSPS) is 30.6. The highest BCUT2D eigenvalue weighted by Gasteiger charge is 2.50. The van der Waals surface area contributed by atoms with Crippen molar-refractivity contribution in [1.82, 2.24) is 4.90 Å². The van der Waals surface area contributed by atoms with Gasteiger partial charge in [-0.3, -0.25) is 4.79 Å². The molecule has 3 atom stereocenters. The van der Waals surface area contributed by atoms with Gasteiger partial charge in [-0.15, -0.1) is 12.4 Å². The van der Waals surface area contributed by atoms with Gasteiger partial charge in [0.05, 0.1) is 5.41 Å². The monoisotopic (exact) mass is 384 g/mol. The summed E-state index contributed by atoms with van der Waals surface area (Å²) in [5.41, 5.74) is 6.67. The molecule has 4 nitrogen and oxygen atoms in total. The van der Waals surface area contributed by atoms with Crippen LogP contribution in [0.4, 0.5) is 0 Å². The van der Waals surface area contributed by atoms with Gasteiger partial charge in [0, 0.05) is 37.4 Å².